The largest absolute Gasteiger partial charge is 0.480 e. The fraction of sp³-hybridized carbons (Fsp3) is 0.500. The summed E-state index contributed by atoms with van der Waals surface area (Å²) in [5.74, 6) is -1.58. The van der Waals surface area contributed by atoms with Crippen molar-refractivity contribution in [3.05, 3.63) is 41.5 Å². The molecular weight excluding hydrogens is 260 g/mol. The van der Waals surface area contributed by atoms with Crippen LogP contribution in [0.4, 0.5) is 8.78 Å². The molecule has 1 aliphatic carbocycles. The lowest BCUT2D eigenvalue weighted by Gasteiger charge is -2.19. The molecule has 1 aromatic rings. The van der Waals surface area contributed by atoms with Gasteiger partial charge >= 0.3 is 0 Å². The van der Waals surface area contributed by atoms with Crippen LogP contribution in [-0.4, -0.2) is 12.1 Å². The van der Waals surface area contributed by atoms with Crippen molar-refractivity contribution >= 4 is 0 Å². The summed E-state index contributed by atoms with van der Waals surface area (Å²) in [4.78, 5) is 0. The Labute approximate surface area is 118 Å². The van der Waals surface area contributed by atoms with Crippen LogP contribution in [0.25, 0.3) is 0 Å². The molecule has 2 N–H and O–H groups in total. The van der Waals surface area contributed by atoms with Gasteiger partial charge in [0.1, 0.15) is 6.10 Å². The van der Waals surface area contributed by atoms with Crippen LogP contribution in [-0.2, 0) is 6.42 Å². The van der Waals surface area contributed by atoms with Gasteiger partial charge in [0.2, 0.25) is 0 Å². The van der Waals surface area contributed by atoms with Crippen LogP contribution in [0.5, 0.6) is 5.75 Å². The first-order valence-corrected chi connectivity index (χ1v) is 7.17. The Morgan fingerprint density at radius 1 is 1.35 bits per heavy atom. The van der Waals surface area contributed by atoms with Gasteiger partial charge in [-0.2, -0.15) is 0 Å². The van der Waals surface area contributed by atoms with Gasteiger partial charge in [-0.05, 0) is 55.9 Å². The van der Waals surface area contributed by atoms with Gasteiger partial charge < -0.3 is 10.5 Å². The predicted octanol–water partition coefficient (Wildman–Crippen LogP) is 3.73. The van der Waals surface area contributed by atoms with Crippen molar-refractivity contribution in [2.24, 2.45) is 5.73 Å². The quantitative estimate of drug-likeness (QED) is 0.835. The van der Waals surface area contributed by atoms with Gasteiger partial charge in [0, 0.05) is 6.04 Å². The molecule has 0 fully saturated rings. The first-order chi connectivity index (χ1) is 9.60. The third-order valence-corrected chi connectivity index (χ3v) is 3.56. The Hall–Kier alpha value is -1.42. The Morgan fingerprint density at radius 3 is 2.60 bits per heavy atom. The van der Waals surface area contributed by atoms with E-state index in [9.17, 15) is 8.78 Å². The summed E-state index contributed by atoms with van der Waals surface area (Å²) >= 11 is 0. The summed E-state index contributed by atoms with van der Waals surface area (Å²) in [5, 5.41) is 0. The Bertz CT molecular complexity index is 464. The third kappa shape index (κ3) is 3.79. The highest BCUT2D eigenvalue weighted by molar-refractivity contribution is 5.32. The number of hydrogen-bond donors (Lipinski definition) is 1. The predicted molar refractivity (Wildman–Crippen MR) is 75.7 cm³/mol. The number of ether oxygens (including phenoxy) is 1. The van der Waals surface area contributed by atoms with Gasteiger partial charge in [-0.25, -0.2) is 8.78 Å². The van der Waals surface area contributed by atoms with Crippen molar-refractivity contribution in [2.45, 2.75) is 51.2 Å². The molecule has 4 heteroatoms. The first-order valence-electron chi connectivity index (χ1n) is 7.17. The molecule has 0 radical (unpaired) electrons. The molecule has 2 nitrogen and oxygen atoms in total. The molecule has 1 aromatic carbocycles. The molecule has 110 valence electrons. The molecule has 0 aliphatic heterocycles. The van der Waals surface area contributed by atoms with Crippen molar-refractivity contribution in [3.63, 3.8) is 0 Å². The van der Waals surface area contributed by atoms with E-state index in [1.54, 1.807) is 0 Å². The maximum atomic E-state index is 14.0. The molecule has 1 aliphatic rings. The molecule has 0 spiro atoms. The number of rotatable bonds is 5. The van der Waals surface area contributed by atoms with Gasteiger partial charge in [-0.1, -0.05) is 13.0 Å². The molecule has 0 saturated heterocycles. The van der Waals surface area contributed by atoms with Gasteiger partial charge in [0.25, 0.3) is 0 Å². The monoisotopic (exact) mass is 281 g/mol. The van der Waals surface area contributed by atoms with E-state index in [4.69, 9.17) is 10.5 Å². The Kier molecular flexibility index (Phi) is 5.12. The van der Waals surface area contributed by atoms with Crippen LogP contribution in [0.3, 0.4) is 0 Å². The fourth-order valence-corrected chi connectivity index (χ4v) is 2.32. The fourth-order valence-electron chi connectivity index (χ4n) is 2.32. The molecule has 2 rings (SSSR count). The van der Waals surface area contributed by atoms with Crippen LogP contribution < -0.4 is 10.5 Å². The molecule has 20 heavy (non-hydrogen) atoms. The zero-order valence-electron chi connectivity index (χ0n) is 11.7. The van der Waals surface area contributed by atoms with Crippen molar-refractivity contribution in [3.8, 4) is 5.75 Å². The van der Waals surface area contributed by atoms with Crippen molar-refractivity contribution in [2.75, 3.05) is 0 Å². The highest BCUT2D eigenvalue weighted by Crippen LogP contribution is 2.27. The average Bonchev–Trinajstić information content (AvgIpc) is 2.44. The van der Waals surface area contributed by atoms with Crippen LogP contribution in [0.2, 0.25) is 0 Å². The Balaban J connectivity index is 2.13. The van der Waals surface area contributed by atoms with E-state index in [-0.39, 0.29) is 17.9 Å². The number of hydrogen-bond acceptors (Lipinski definition) is 2. The standard InChI is InChI=1S/C16H21F2NO/c1-2-12(19)8-11-9-14(17)16(15(18)10-11)20-13-6-4-3-5-7-13/h4,6,9-10,12-13H,2-3,5,7-8,19H2,1H3. The second-order valence-corrected chi connectivity index (χ2v) is 5.28. The zero-order valence-corrected chi connectivity index (χ0v) is 11.7. The molecule has 0 bridgehead atoms. The van der Waals surface area contributed by atoms with Crippen molar-refractivity contribution < 1.29 is 13.5 Å². The average molecular weight is 281 g/mol. The summed E-state index contributed by atoms with van der Waals surface area (Å²) in [5.41, 5.74) is 6.38. The van der Waals surface area contributed by atoms with E-state index in [0.29, 0.717) is 12.0 Å². The first kappa shape index (κ1) is 15.0. The highest BCUT2D eigenvalue weighted by Gasteiger charge is 2.18. The van der Waals surface area contributed by atoms with E-state index < -0.39 is 11.6 Å². The second-order valence-electron chi connectivity index (χ2n) is 5.28. The van der Waals surface area contributed by atoms with Crippen LogP contribution in [0, 0.1) is 11.6 Å². The minimum absolute atomic E-state index is 0.0816. The van der Waals surface area contributed by atoms with E-state index in [2.05, 4.69) is 0 Å². The molecule has 0 amide bonds. The van der Waals surface area contributed by atoms with Gasteiger partial charge in [-0.3, -0.25) is 0 Å². The maximum Gasteiger partial charge on any atom is 0.191 e. The number of allylic oxidation sites excluding steroid dienone is 1. The Morgan fingerprint density at radius 2 is 2.05 bits per heavy atom. The molecule has 2 unspecified atom stereocenters. The molecule has 2 atom stereocenters. The summed E-state index contributed by atoms with van der Waals surface area (Å²) in [6, 6.07) is 2.56. The maximum absolute atomic E-state index is 14.0. The van der Waals surface area contributed by atoms with Crippen LogP contribution in [0.1, 0.15) is 38.2 Å². The third-order valence-electron chi connectivity index (χ3n) is 3.56. The number of nitrogens with two attached hydrogens (primary N) is 1. The molecule has 0 heterocycles. The van der Waals surface area contributed by atoms with Gasteiger partial charge in [0.05, 0.1) is 0 Å². The molecular formula is C16H21F2NO. The number of benzene rings is 1. The van der Waals surface area contributed by atoms with E-state index in [0.717, 1.165) is 25.7 Å². The van der Waals surface area contributed by atoms with Crippen molar-refractivity contribution in [1.82, 2.24) is 0 Å². The van der Waals surface area contributed by atoms with E-state index >= 15 is 0 Å². The minimum atomic E-state index is -0.651. The summed E-state index contributed by atoms with van der Waals surface area (Å²) in [6.45, 7) is 1.95. The zero-order chi connectivity index (χ0) is 14.5. The van der Waals surface area contributed by atoms with Gasteiger partial charge in [-0.15, -0.1) is 0 Å². The van der Waals surface area contributed by atoms with Gasteiger partial charge in [0.15, 0.2) is 17.4 Å². The summed E-state index contributed by atoms with van der Waals surface area (Å²) in [6.07, 6.45) is 7.62. The minimum Gasteiger partial charge on any atom is -0.480 e. The summed E-state index contributed by atoms with van der Waals surface area (Å²) < 4.78 is 33.4. The van der Waals surface area contributed by atoms with Crippen molar-refractivity contribution in [1.29, 1.82) is 0 Å². The lowest BCUT2D eigenvalue weighted by molar-refractivity contribution is 0.209. The SMILES string of the molecule is CCC(N)Cc1cc(F)c(OC2C=CCCC2)c(F)c1. The summed E-state index contributed by atoms with van der Waals surface area (Å²) in [7, 11) is 0. The van der Waals surface area contributed by atoms with E-state index in [1.165, 1.54) is 12.1 Å². The smallest absolute Gasteiger partial charge is 0.191 e. The topological polar surface area (TPSA) is 35.2 Å². The van der Waals surface area contributed by atoms with E-state index in [1.807, 2.05) is 19.1 Å². The van der Waals surface area contributed by atoms with Crippen LogP contribution in [0.15, 0.2) is 24.3 Å². The number of halogens is 2. The molecule has 0 saturated carbocycles. The lowest BCUT2D eigenvalue weighted by Crippen LogP contribution is -2.22. The molecule has 0 aromatic heterocycles. The highest BCUT2D eigenvalue weighted by atomic mass is 19.1. The van der Waals surface area contributed by atoms with Crippen LogP contribution >= 0.6 is 0 Å². The lowest BCUT2D eigenvalue weighted by atomic mass is 10.0. The normalized spacial score (nSPS) is 19.9. The second kappa shape index (κ2) is 6.84.